The molecule has 1 N–H and O–H groups in total. The molecule has 0 bridgehead atoms. The lowest BCUT2D eigenvalue weighted by molar-refractivity contribution is 0.0698. The summed E-state index contributed by atoms with van der Waals surface area (Å²) in [5.41, 5.74) is 0.744. The molecule has 23 heavy (non-hydrogen) atoms. The predicted octanol–water partition coefficient (Wildman–Crippen LogP) is 3.84. The molecule has 3 aliphatic carbocycles. The van der Waals surface area contributed by atoms with Gasteiger partial charge < -0.3 is 10.2 Å². The first-order valence-electron chi connectivity index (χ1n) is 9.33. The number of nitrogens with one attached hydrogen (secondary N) is 1. The van der Waals surface area contributed by atoms with Gasteiger partial charge in [-0.25, -0.2) is 4.98 Å². The summed E-state index contributed by atoms with van der Waals surface area (Å²) in [6.45, 7) is 0.950. The van der Waals surface area contributed by atoms with Gasteiger partial charge >= 0.3 is 0 Å². The molecule has 0 saturated heterocycles. The maximum Gasteiger partial charge on any atom is 0.255 e. The molecule has 0 spiro atoms. The molecule has 0 aromatic carbocycles. The Morgan fingerprint density at radius 1 is 1.09 bits per heavy atom. The molecule has 1 aromatic heterocycles. The van der Waals surface area contributed by atoms with Gasteiger partial charge in [-0.1, -0.05) is 19.3 Å². The third-order valence-corrected chi connectivity index (χ3v) is 5.37. The van der Waals surface area contributed by atoms with Gasteiger partial charge in [-0.3, -0.25) is 4.79 Å². The van der Waals surface area contributed by atoms with Crippen LogP contribution in [0.15, 0.2) is 18.3 Å². The van der Waals surface area contributed by atoms with Crippen molar-refractivity contribution in [1.29, 1.82) is 0 Å². The summed E-state index contributed by atoms with van der Waals surface area (Å²) >= 11 is 0. The normalized spacial score (nSPS) is 21.9. The van der Waals surface area contributed by atoms with Gasteiger partial charge in [0.25, 0.3) is 5.91 Å². The summed E-state index contributed by atoms with van der Waals surface area (Å²) < 4.78 is 0. The van der Waals surface area contributed by atoms with Crippen molar-refractivity contribution in [3.8, 4) is 0 Å². The van der Waals surface area contributed by atoms with Gasteiger partial charge in [0.05, 0.1) is 5.56 Å². The number of nitrogens with zero attached hydrogens (tertiary/aromatic N) is 2. The second-order valence-electron chi connectivity index (χ2n) is 7.54. The number of carbonyl (C=O) groups excluding carboxylic acids is 1. The SMILES string of the molecule is O=C(c1ccc(NC2CC2)nc1)N(CC1CCCCC1)C1CC1. The zero-order valence-electron chi connectivity index (χ0n) is 13.8. The van der Waals surface area contributed by atoms with Gasteiger partial charge in [-0.15, -0.1) is 0 Å². The van der Waals surface area contributed by atoms with Crippen molar-refractivity contribution in [2.75, 3.05) is 11.9 Å². The van der Waals surface area contributed by atoms with E-state index in [2.05, 4.69) is 15.2 Å². The molecular formula is C19H27N3O. The molecule has 0 atom stereocenters. The fourth-order valence-corrected chi connectivity index (χ4v) is 3.64. The highest BCUT2D eigenvalue weighted by atomic mass is 16.2. The molecule has 0 aliphatic heterocycles. The Labute approximate surface area is 138 Å². The van der Waals surface area contributed by atoms with Crippen molar-refractivity contribution in [1.82, 2.24) is 9.88 Å². The first-order chi connectivity index (χ1) is 11.3. The van der Waals surface area contributed by atoms with Crippen LogP contribution in [0.3, 0.4) is 0 Å². The third kappa shape index (κ3) is 3.85. The molecular weight excluding hydrogens is 286 g/mol. The molecule has 1 amide bonds. The molecule has 3 saturated carbocycles. The number of amides is 1. The van der Waals surface area contributed by atoms with Gasteiger partial charge in [-0.2, -0.15) is 0 Å². The summed E-state index contributed by atoms with van der Waals surface area (Å²) in [6, 6.07) is 4.97. The Morgan fingerprint density at radius 3 is 2.48 bits per heavy atom. The average Bonchev–Trinajstić information content (AvgIpc) is 3.48. The monoisotopic (exact) mass is 313 g/mol. The summed E-state index contributed by atoms with van der Waals surface area (Å²) in [5, 5.41) is 3.38. The third-order valence-electron chi connectivity index (χ3n) is 5.37. The fraction of sp³-hybridized carbons (Fsp3) is 0.684. The molecule has 124 valence electrons. The highest BCUT2D eigenvalue weighted by Gasteiger charge is 2.34. The number of hydrogen-bond donors (Lipinski definition) is 1. The minimum Gasteiger partial charge on any atom is -0.367 e. The molecule has 3 fully saturated rings. The second-order valence-corrected chi connectivity index (χ2v) is 7.54. The summed E-state index contributed by atoms with van der Waals surface area (Å²) in [6.07, 6.45) is 13.2. The van der Waals surface area contributed by atoms with E-state index in [1.165, 1.54) is 57.8 Å². The minimum absolute atomic E-state index is 0.184. The summed E-state index contributed by atoms with van der Waals surface area (Å²) in [4.78, 5) is 19.5. The summed E-state index contributed by atoms with van der Waals surface area (Å²) in [7, 11) is 0. The van der Waals surface area contributed by atoms with Gasteiger partial charge in [0.15, 0.2) is 0 Å². The Bertz CT molecular complexity index is 542. The highest BCUT2D eigenvalue weighted by molar-refractivity contribution is 5.94. The van der Waals surface area contributed by atoms with E-state index in [1.54, 1.807) is 6.20 Å². The van der Waals surface area contributed by atoms with Gasteiger partial charge in [0.2, 0.25) is 0 Å². The van der Waals surface area contributed by atoms with Crippen LogP contribution in [0.4, 0.5) is 5.82 Å². The lowest BCUT2D eigenvalue weighted by Gasteiger charge is -2.30. The highest BCUT2D eigenvalue weighted by Crippen LogP contribution is 2.32. The van der Waals surface area contributed by atoms with Crippen molar-refractivity contribution < 1.29 is 4.79 Å². The Morgan fingerprint density at radius 2 is 1.87 bits per heavy atom. The number of hydrogen-bond acceptors (Lipinski definition) is 3. The van der Waals surface area contributed by atoms with E-state index in [-0.39, 0.29) is 5.91 Å². The summed E-state index contributed by atoms with van der Waals surface area (Å²) in [5.74, 6) is 1.79. The van der Waals surface area contributed by atoms with Crippen LogP contribution in [0.5, 0.6) is 0 Å². The average molecular weight is 313 g/mol. The molecule has 1 aromatic rings. The number of anilines is 1. The number of aromatic nitrogens is 1. The Hall–Kier alpha value is -1.58. The van der Waals surface area contributed by atoms with E-state index in [0.29, 0.717) is 18.0 Å². The molecule has 1 heterocycles. The van der Waals surface area contributed by atoms with Gasteiger partial charge in [0.1, 0.15) is 5.82 Å². The van der Waals surface area contributed by atoms with Crippen LogP contribution in [0.25, 0.3) is 0 Å². The van der Waals surface area contributed by atoms with Crippen LogP contribution in [0, 0.1) is 5.92 Å². The van der Waals surface area contributed by atoms with E-state index in [0.717, 1.165) is 17.9 Å². The minimum atomic E-state index is 0.184. The zero-order chi connectivity index (χ0) is 15.6. The number of rotatable bonds is 6. The number of pyridine rings is 1. The van der Waals surface area contributed by atoms with Crippen LogP contribution in [-0.4, -0.2) is 34.4 Å². The quantitative estimate of drug-likeness (QED) is 0.868. The molecule has 4 rings (SSSR count). The van der Waals surface area contributed by atoms with Crippen LogP contribution < -0.4 is 5.32 Å². The smallest absolute Gasteiger partial charge is 0.255 e. The van der Waals surface area contributed by atoms with E-state index in [9.17, 15) is 4.79 Å². The maximum absolute atomic E-state index is 12.9. The van der Waals surface area contributed by atoms with E-state index >= 15 is 0 Å². The topological polar surface area (TPSA) is 45.2 Å². The Kier molecular flexibility index (Phi) is 4.23. The molecule has 0 unspecified atom stereocenters. The largest absolute Gasteiger partial charge is 0.367 e. The van der Waals surface area contributed by atoms with Crippen molar-refractivity contribution in [3.63, 3.8) is 0 Å². The van der Waals surface area contributed by atoms with Crippen LogP contribution in [0.2, 0.25) is 0 Å². The van der Waals surface area contributed by atoms with Crippen molar-refractivity contribution in [2.24, 2.45) is 5.92 Å². The van der Waals surface area contributed by atoms with Gasteiger partial charge in [-0.05, 0) is 56.6 Å². The predicted molar refractivity (Wildman–Crippen MR) is 91.5 cm³/mol. The fourth-order valence-electron chi connectivity index (χ4n) is 3.64. The first kappa shape index (κ1) is 15.0. The van der Waals surface area contributed by atoms with Crippen molar-refractivity contribution >= 4 is 11.7 Å². The van der Waals surface area contributed by atoms with E-state index in [1.807, 2.05) is 12.1 Å². The molecule has 3 aliphatic rings. The van der Waals surface area contributed by atoms with Crippen LogP contribution in [-0.2, 0) is 0 Å². The zero-order valence-corrected chi connectivity index (χ0v) is 13.8. The molecule has 4 nitrogen and oxygen atoms in total. The van der Waals surface area contributed by atoms with E-state index in [4.69, 9.17) is 0 Å². The van der Waals surface area contributed by atoms with Gasteiger partial charge in [0, 0.05) is 24.8 Å². The molecule has 4 heteroatoms. The van der Waals surface area contributed by atoms with Crippen molar-refractivity contribution in [2.45, 2.75) is 69.9 Å². The Balaban J connectivity index is 1.41. The van der Waals surface area contributed by atoms with Crippen molar-refractivity contribution in [3.05, 3.63) is 23.9 Å². The van der Waals surface area contributed by atoms with Crippen LogP contribution in [0.1, 0.15) is 68.1 Å². The van der Waals surface area contributed by atoms with E-state index < -0.39 is 0 Å². The lowest BCUT2D eigenvalue weighted by Crippen LogP contribution is -2.37. The standard InChI is InChI=1S/C19H27N3O/c23-19(15-6-11-18(20-12-15)21-16-7-8-16)22(17-9-10-17)13-14-4-2-1-3-5-14/h6,11-12,14,16-17H,1-5,7-10,13H2,(H,20,21). The molecule has 0 radical (unpaired) electrons. The first-order valence-corrected chi connectivity index (χ1v) is 9.33. The second kappa shape index (κ2) is 6.50. The lowest BCUT2D eigenvalue weighted by atomic mass is 9.89. The maximum atomic E-state index is 12.9. The number of carbonyl (C=O) groups is 1. The van der Waals surface area contributed by atoms with Crippen LogP contribution >= 0.6 is 0 Å².